The van der Waals surface area contributed by atoms with Crippen LogP contribution in [0, 0.1) is 0 Å². The first-order chi connectivity index (χ1) is 6.63. The Morgan fingerprint density at radius 1 is 1.29 bits per heavy atom. The smallest absolute Gasteiger partial charge is 0.0845 e. The van der Waals surface area contributed by atoms with Crippen molar-refractivity contribution in [2.24, 2.45) is 0 Å². The normalized spacial score (nSPS) is 48.6. The molecule has 0 aliphatic carbocycles. The van der Waals surface area contributed by atoms with Crippen LogP contribution in [-0.2, 0) is 9.47 Å². The van der Waals surface area contributed by atoms with Crippen LogP contribution in [-0.4, -0.2) is 28.3 Å². The van der Waals surface area contributed by atoms with Gasteiger partial charge < -0.3 is 9.47 Å². The topological polar surface area (TPSA) is 18.5 Å². The third-order valence-electron chi connectivity index (χ3n) is 3.36. The molecule has 2 saturated heterocycles. The lowest BCUT2D eigenvalue weighted by atomic mass is 10.0. The highest BCUT2D eigenvalue weighted by molar-refractivity contribution is 14.1. The molecule has 2 fully saturated rings. The Hall–Kier alpha value is 0.650. The van der Waals surface area contributed by atoms with E-state index in [2.05, 4.69) is 36.4 Å². The number of alkyl halides is 1. The van der Waals surface area contributed by atoms with Gasteiger partial charge in [0.25, 0.3) is 0 Å². The van der Waals surface area contributed by atoms with E-state index in [1.165, 1.54) is 25.7 Å². The van der Waals surface area contributed by atoms with Gasteiger partial charge in [-0.3, -0.25) is 0 Å². The van der Waals surface area contributed by atoms with E-state index in [-0.39, 0.29) is 5.60 Å². The minimum absolute atomic E-state index is 0.112. The summed E-state index contributed by atoms with van der Waals surface area (Å²) in [6.45, 7) is 4.38. The minimum atomic E-state index is 0.112. The molecular formula is C11H19IO2. The summed E-state index contributed by atoms with van der Waals surface area (Å²) in [4.78, 5) is 0. The Balaban J connectivity index is 1.89. The summed E-state index contributed by atoms with van der Waals surface area (Å²) in [5, 5.41) is 0. The van der Waals surface area contributed by atoms with Gasteiger partial charge in [0.05, 0.1) is 23.9 Å². The standard InChI is InChI=1S/C11H19IO2/c1-8-3-4-9(13-8)10-5-6-11(2,7-12)14-10/h8-10H,3-7H2,1-2H3. The van der Waals surface area contributed by atoms with E-state index >= 15 is 0 Å². The van der Waals surface area contributed by atoms with Gasteiger partial charge in [0.1, 0.15) is 0 Å². The van der Waals surface area contributed by atoms with Gasteiger partial charge in [-0.05, 0) is 39.5 Å². The predicted molar refractivity (Wildman–Crippen MR) is 65.0 cm³/mol. The Morgan fingerprint density at radius 3 is 2.57 bits per heavy atom. The second-order valence-electron chi connectivity index (χ2n) is 4.84. The van der Waals surface area contributed by atoms with Crippen molar-refractivity contribution >= 4 is 22.6 Å². The van der Waals surface area contributed by atoms with Gasteiger partial charge in [-0.2, -0.15) is 0 Å². The van der Waals surface area contributed by atoms with E-state index in [1.807, 2.05) is 0 Å². The molecule has 0 spiro atoms. The third-order valence-corrected chi connectivity index (χ3v) is 4.97. The fourth-order valence-electron chi connectivity index (χ4n) is 2.40. The molecule has 0 aromatic rings. The molecule has 4 atom stereocenters. The molecule has 0 N–H and O–H groups in total. The first-order valence-electron chi connectivity index (χ1n) is 5.52. The molecule has 2 nitrogen and oxygen atoms in total. The summed E-state index contributed by atoms with van der Waals surface area (Å²) in [6.07, 6.45) is 5.92. The zero-order valence-corrected chi connectivity index (χ0v) is 11.1. The molecule has 2 heterocycles. The summed E-state index contributed by atoms with van der Waals surface area (Å²) in [5.74, 6) is 0. The monoisotopic (exact) mass is 310 g/mol. The lowest BCUT2D eigenvalue weighted by Gasteiger charge is -2.25. The predicted octanol–water partition coefficient (Wildman–Crippen LogP) is 2.93. The van der Waals surface area contributed by atoms with Gasteiger partial charge in [-0.25, -0.2) is 0 Å². The number of ether oxygens (including phenoxy) is 2. The Kier molecular flexibility index (Phi) is 3.39. The average Bonchev–Trinajstić information content (AvgIpc) is 2.73. The van der Waals surface area contributed by atoms with Crippen molar-refractivity contribution in [1.29, 1.82) is 0 Å². The summed E-state index contributed by atoms with van der Waals surface area (Å²) >= 11 is 2.42. The van der Waals surface area contributed by atoms with Crippen LogP contribution in [0.1, 0.15) is 39.5 Å². The highest BCUT2D eigenvalue weighted by Gasteiger charge is 2.41. The van der Waals surface area contributed by atoms with E-state index in [0.717, 1.165) is 4.43 Å². The first-order valence-corrected chi connectivity index (χ1v) is 7.05. The molecule has 0 aromatic carbocycles. The van der Waals surface area contributed by atoms with Gasteiger partial charge >= 0.3 is 0 Å². The Bertz CT molecular complexity index is 209. The Morgan fingerprint density at radius 2 is 2.07 bits per heavy atom. The van der Waals surface area contributed by atoms with Gasteiger partial charge in [-0.1, -0.05) is 22.6 Å². The lowest BCUT2D eigenvalue weighted by molar-refractivity contribution is -0.0858. The van der Waals surface area contributed by atoms with Crippen molar-refractivity contribution in [3.8, 4) is 0 Å². The van der Waals surface area contributed by atoms with Crippen LogP contribution >= 0.6 is 22.6 Å². The third kappa shape index (κ3) is 2.25. The molecule has 0 aromatic heterocycles. The van der Waals surface area contributed by atoms with Crippen LogP contribution < -0.4 is 0 Å². The van der Waals surface area contributed by atoms with Gasteiger partial charge in [0.2, 0.25) is 0 Å². The van der Waals surface area contributed by atoms with Crippen molar-refractivity contribution in [2.75, 3.05) is 4.43 Å². The molecule has 2 aliphatic rings. The SMILES string of the molecule is CC1CCC(C2CCC(C)(CI)O2)O1. The van der Waals surface area contributed by atoms with Crippen LogP contribution in [0.15, 0.2) is 0 Å². The lowest BCUT2D eigenvalue weighted by Crippen LogP contribution is -2.32. The second-order valence-corrected chi connectivity index (χ2v) is 5.60. The fourth-order valence-corrected chi connectivity index (χ4v) is 2.96. The maximum Gasteiger partial charge on any atom is 0.0845 e. The molecule has 2 aliphatic heterocycles. The zero-order valence-electron chi connectivity index (χ0n) is 8.96. The van der Waals surface area contributed by atoms with Gasteiger partial charge in [0.15, 0.2) is 0 Å². The molecule has 0 radical (unpaired) electrons. The quantitative estimate of drug-likeness (QED) is 0.577. The van der Waals surface area contributed by atoms with Crippen molar-refractivity contribution in [2.45, 2.75) is 63.4 Å². The van der Waals surface area contributed by atoms with Crippen LogP contribution in [0.5, 0.6) is 0 Å². The molecule has 0 bridgehead atoms. The zero-order chi connectivity index (χ0) is 10.2. The summed E-state index contributed by atoms with van der Waals surface area (Å²) in [7, 11) is 0. The maximum absolute atomic E-state index is 6.10. The number of rotatable bonds is 2. The highest BCUT2D eigenvalue weighted by atomic mass is 127. The van der Waals surface area contributed by atoms with E-state index in [0.29, 0.717) is 18.3 Å². The second kappa shape index (κ2) is 4.26. The summed E-state index contributed by atoms with van der Waals surface area (Å²) in [5.41, 5.74) is 0.112. The average molecular weight is 310 g/mol. The molecular weight excluding hydrogens is 291 g/mol. The minimum Gasteiger partial charge on any atom is -0.373 e. The van der Waals surface area contributed by atoms with Crippen molar-refractivity contribution in [1.82, 2.24) is 0 Å². The van der Waals surface area contributed by atoms with E-state index < -0.39 is 0 Å². The first kappa shape index (κ1) is 11.1. The van der Waals surface area contributed by atoms with Crippen LogP contribution in [0.4, 0.5) is 0 Å². The van der Waals surface area contributed by atoms with Gasteiger partial charge in [0, 0.05) is 4.43 Å². The van der Waals surface area contributed by atoms with Crippen molar-refractivity contribution in [3.63, 3.8) is 0 Å². The molecule has 82 valence electrons. The summed E-state index contributed by atoms with van der Waals surface area (Å²) in [6, 6.07) is 0. The molecule has 0 saturated carbocycles. The van der Waals surface area contributed by atoms with Crippen molar-refractivity contribution < 1.29 is 9.47 Å². The highest BCUT2D eigenvalue weighted by Crippen LogP contribution is 2.37. The van der Waals surface area contributed by atoms with Crippen molar-refractivity contribution in [3.05, 3.63) is 0 Å². The molecule has 14 heavy (non-hydrogen) atoms. The number of halogens is 1. The van der Waals surface area contributed by atoms with Crippen LogP contribution in [0.3, 0.4) is 0 Å². The molecule has 0 amide bonds. The largest absolute Gasteiger partial charge is 0.373 e. The van der Waals surface area contributed by atoms with E-state index in [1.54, 1.807) is 0 Å². The van der Waals surface area contributed by atoms with Crippen LogP contribution in [0.25, 0.3) is 0 Å². The van der Waals surface area contributed by atoms with E-state index in [4.69, 9.17) is 9.47 Å². The molecule has 4 unspecified atom stereocenters. The molecule has 2 rings (SSSR count). The van der Waals surface area contributed by atoms with E-state index in [9.17, 15) is 0 Å². The maximum atomic E-state index is 6.10. The Labute approximate surface area is 99.9 Å². The molecule has 3 heteroatoms. The number of hydrogen-bond donors (Lipinski definition) is 0. The summed E-state index contributed by atoms with van der Waals surface area (Å²) < 4.78 is 13.0. The fraction of sp³-hybridized carbons (Fsp3) is 1.00. The van der Waals surface area contributed by atoms with Gasteiger partial charge in [-0.15, -0.1) is 0 Å². The number of hydrogen-bond acceptors (Lipinski definition) is 2. The van der Waals surface area contributed by atoms with Crippen LogP contribution in [0.2, 0.25) is 0 Å².